The second kappa shape index (κ2) is 4.48. The fraction of sp³-hybridized carbons (Fsp3) is 0.600. The molecular weight excluding hydrogens is 194 g/mol. The summed E-state index contributed by atoms with van der Waals surface area (Å²) in [6, 6.07) is 0.552. The van der Waals surface area contributed by atoms with Crippen LogP contribution >= 0.6 is 0 Å². The summed E-state index contributed by atoms with van der Waals surface area (Å²) in [4.78, 5) is 0. The van der Waals surface area contributed by atoms with Crippen molar-refractivity contribution in [2.75, 3.05) is 0 Å². The minimum Gasteiger partial charge on any atom is -0.384 e. The summed E-state index contributed by atoms with van der Waals surface area (Å²) >= 11 is 0. The van der Waals surface area contributed by atoms with Gasteiger partial charge in [-0.05, 0) is 43.4 Å². The number of allylic oxidation sites excluding steroid dienone is 2. The van der Waals surface area contributed by atoms with Crippen LogP contribution in [0, 0.1) is 17.8 Å². The predicted octanol–water partition coefficient (Wildman–Crippen LogP) is 3.66. The van der Waals surface area contributed by atoms with E-state index in [0.29, 0.717) is 17.9 Å². The van der Waals surface area contributed by atoms with Crippen molar-refractivity contribution in [2.45, 2.75) is 39.7 Å². The number of hydrogen-bond acceptors (Lipinski definition) is 1. The Kier molecular flexibility index (Phi) is 3.22. The first-order chi connectivity index (χ1) is 7.59. The van der Waals surface area contributed by atoms with Gasteiger partial charge in [-0.3, -0.25) is 0 Å². The average Bonchev–Trinajstić information content (AvgIpc) is 2.63. The highest BCUT2D eigenvalue weighted by Gasteiger charge is 2.34. The van der Waals surface area contributed by atoms with Crippen molar-refractivity contribution in [1.29, 1.82) is 0 Å². The lowest BCUT2D eigenvalue weighted by Crippen LogP contribution is -2.32. The van der Waals surface area contributed by atoms with Gasteiger partial charge in [-0.1, -0.05) is 38.2 Å². The van der Waals surface area contributed by atoms with E-state index in [0.717, 1.165) is 5.92 Å². The van der Waals surface area contributed by atoms with Crippen molar-refractivity contribution >= 4 is 0 Å². The van der Waals surface area contributed by atoms with E-state index in [1.54, 1.807) is 5.57 Å². The molecule has 2 aliphatic rings. The lowest BCUT2D eigenvalue weighted by atomic mass is 9.76. The summed E-state index contributed by atoms with van der Waals surface area (Å²) in [6.45, 7) is 10.8. The predicted molar refractivity (Wildman–Crippen MR) is 70.0 cm³/mol. The van der Waals surface area contributed by atoms with Crippen molar-refractivity contribution < 1.29 is 0 Å². The molecule has 0 radical (unpaired) electrons. The molecule has 0 aromatic carbocycles. The van der Waals surface area contributed by atoms with E-state index in [1.807, 2.05) is 0 Å². The van der Waals surface area contributed by atoms with Gasteiger partial charge in [0.05, 0.1) is 6.04 Å². The maximum absolute atomic E-state index is 4.06. The van der Waals surface area contributed by atoms with Crippen LogP contribution < -0.4 is 5.32 Å². The van der Waals surface area contributed by atoms with Crippen LogP contribution in [-0.2, 0) is 0 Å². The molecule has 0 saturated heterocycles. The van der Waals surface area contributed by atoms with Crippen molar-refractivity contribution in [1.82, 2.24) is 5.32 Å². The zero-order chi connectivity index (χ0) is 11.7. The third kappa shape index (κ3) is 2.09. The Balaban J connectivity index is 2.06. The summed E-state index contributed by atoms with van der Waals surface area (Å²) < 4.78 is 0. The molecular formula is C15H23N. The molecule has 0 aromatic rings. The lowest BCUT2D eigenvalue weighted by Gasteiger charge is -2.30. The first-order valence-corrected chi connectivity index (χ1v) is 6.36. The molecule has 1 heterocycles. The van der Waals surface area contributed by atoms with Gasteiger partial charge < -0.3 is 5.32 Å². The maximum Gasteiger partial charge on any atom is 0.0507 e. The molecule has 1 heteroatoms. The van der Waals surface area contributed by atoms with Crippen molar-refractivity contribution in [2.24, 2.45) is 17.8 Å². The van der Waals surface area contributed by atoms with Crippen LogP contribution in [0.5, 0.6) is 0 Å². The van der Waals surface area contributed by atoms with E-state index in [9.17, 15) is 0 Å². The van der Waals surface area contributed by atoms with Gasteiger partial charge >= 0.3 is 0 Å². The molecule has 1 N–H and O–H groups in total. The molecule has 1 aliphatic heterocycles. The van der Waals surface area contributed by atoms with Gasteiger partial charge in [0.25, 0.3) is 0 Å². The van der Waals surface area contributed by atoms with Gasteiger partial charge in [-0.2, -0.15) is 0 Å². The van der Waals surface area contributed by atoms with Crippen molar-refractivity contribution in [3.63, 3.8) is 0 Å². The zero-order valence-corrected chi connectivity index (χ0v) is 10.7. The number of fused-ring (bicyclic) bond motifs is 1. The highest BCUT2D eigenvalue weighted by Crippen LogP contribution is 2.38. The van der Waals surface area contributed by atoms with Gasteiger partial charge in [0.15, 0.2) is 0 Å². The summed E-state index contributed by atoms with van der Waals surface area (Å²) in [7, 11) is 0. The summed E-state index contributed by atoms with van der Waals surface area (Å²) in [5.41, 5.74) is 2.89. The Labute approximate surface area is 99.3 Å². The van der Waals surface area contributed by atoms with Crippen LogP contribution in [0.15, 0.2) is 36.1 Å². The van der Waals surface area contributed by atoms with E-state index in [2.05, 4.69) is 51.0 Å². The Morgan fingerprint density at radius 2 is 2.38 bits per heavy atom. The van der Waals surface area contributed by atoms with E-state index in [-0.39, 0.29) is 0 Å². The molecule has 0 fully saturated rings. The minimum absolute atomic E-state index is 0.552. The molecule has 0 saturated carbocycles. The smallest absolute Gasteiger partial charge is 0.0507 e. The molecule has 0 amide bonds. The van der Waals surface area contributed by atoms with E-state index in [4.69, 9.17) is 0 Å². The summed E-state index contributed by atoms with van der Waals surface area (Å²) in [6.07, 6.45) is 9.29. The molecule has 16 heavy (non-hydrogen) atoms. The van der Waals surface area contributed by atoms with Gasteiger partial charge in [0.1, 0.15) is 0 Å². The Morgan fingerprint density at radius 3 is 3.06 bits per heavy atom. The van der Waals surface area contributed by atoms with Gasteiger partial charge in [0, 0.05) is 5.92 Å². The van der Waals surface area contributed by atoms with Crippen LogP contribution in [0.2, 0.25) is 0 Å². The maximum atomic E-state index is 4.06. The Hall–Kier alpha value is -0.980. The van der Waals surface area contributed by atoms with Crippen molar-refractivity contribution in [3.8, 4) is 0 Å². The molecule has 0 spiro atoms. The third-order valence-corrected chi connectivity index (χ3v) is 4.12. The molecule has 2 rings (SSSR count). The van der Waals surface area contributed by atoms with Crippen molar-refractivity contribution in [3.05, 3.63) is 36.1 Å². The fourth-order valence-electron chi connectivity index (χ4n) is 2.84. The average molecular weight is 217 g/mol. The van der Waals surface area contributed by atoms with Gasteiger partial charge in [0.2, 0.25) is 0 Å². The second-order valence-electron chi connectivity index (χ2n) is 5.53. The molecule has 1 aliphatic carbocycles. The van der Waals surface area contributed by atoms with Crippen LogP contribution in [0.25, 0.3) is 0 Å². The molecule has 1 nitrogen and oxygen atoms in total. The quantitative estimate of drug-likeness (QED) is 0.711. The Morgan fingerprint density at radius 1 is 1.62 bits per heavy atom. The molecule has 88 valence electrons. The first kappa shape index (κ1) is 11.5. The van der Waals surface area contributed by atoms with Gasteiger partial charge in [-0.15, -0.1) is 0 Å². The van der Waals surface area contributed by atoms with E-state index >= 15 is 0 Å². The highest BCUT2D eigenvalue weighted by molar-refractivity contribution is 5.25. The van der Waals surface area contributed by atoms with Crippen LogP contribution in [0.4, 0.5) is 0 Å². The number of rotatable bonds is 3. The third-order valence-electron chi connectivity index (χ3n) is 4.12. The molecule has 0 bridgehead atoms. The highest BCUT2D eigenvalue weighted by atomic mass is 14.9. The van der Waals surface area contributed by atoms with E-state index < -0.39 is 0 Å². The van der Waals surface area contributed by atoms with Crippen LogP contribution in [0.3, 0.4) is 0 Å². The SMILES string of the molecule is C=C(C)C(C)CC1=CNC2C=CCC(C)C12. The normalized spacial score (nSPS) is 33.9. The monoisotopic (exact) mass is 217 g/mol. The standard InChI is InChI=1S/C15H23N/c1-10(2)12(4)8-13-9-16-14-7-5-6-11(3)15(13)14/h5,7,9,11-12,14-16H,1,6,8H2,2-4H3. The molecule has 4 unspecified atom stereocenters. The van der Waals surface area contributed by atoms with Gasteiger partial charge in [-0.25, -0.2) is 0 Å². The summed E-state index contributed by atoms with van der Waals surface area (Å²) in [5, 5.41) is 3.50. The first-order valence-electron chi connectivity index (χ1n) is 6.36. The Bertz CT molecular complexity index is 337. The van der Waals surface area contributed by atoms with Crippen LogP contribution in [-0.4, -0.2) is 6.04 Å². The summed E-state index contributed by atoms with van der Waals surface area (Å²) in [5.74, 6) is 2.09. The molecule has 4 atom stereocenters. The number of nitrogens with one attached hydrogen (secondary N) is 1. The molecule has 0 aromatic heterocycles. The minimum atomic E-state index is 0.552. The van der Waals surface area contributed by atoms with Crippen LogP contribution in [0.1, 0.15) is 33.6 Å². The topological polar surface area (TPSA) is 12.0 Å². The largest absolute Gasteiger partial charge is 0.384 e. The lowest BCUT2D eigenvalue weighted by molar-refractivity contribution is 0.354. The zero-order valence-electron chi connectivity index (χ0n) is 10.7. The fourth-order valence-corrected chi connectivity index (χ4v) is 2.84. The number of hydrogen-bond donors (Lipinski definition) is 1. The second-order valence-corrected chi connectivity index (χ2v) is 5.53. The van der Waals surface area contributed by atoms with E-state index in [1.165, 1.54) is 18.4 Å².